The summed E-state index contributed by atoms with van der Waals surface area (Å²) >= 11 is 9.57. The summed E-state index contributed by atoms with van der Waals surface area (Å²) < 4.78 is 12.1. The SMILES string of the molecule is COc1ccc(-c2cc(C)[nH]c(=O)c2C#N)cc1COc1ccc(Br)cc1Cl. The van der Waals surface area contributed by atoms with Crippen LogP contribution in [0.4, 0.5) is 0 Å². The van der Waals surface area contributed by atoms with Crippen LogP contribution < -0.4 is 15.0 Å². The zero-order valence-corrected chi connectivity index (χ0v) is 17.5. The Balaban J connectivity index is 2.00. The molecule has 1 heterocycles. The van der Waals surface area contributed by atoms with Crippen molar-refractivity contribution in [3.8, 4) is 28.7 Å². The third-order valence-corrected chi connectivity index (χ3v) is 4.94. The van der Waals surface area contributed by atoms with Crippen LogP contribution in [0.3, 0.4) is 0 Å². The van der Waals surface area contributed by atoms with Crippen LogP contribution in [0, 0.1) is 18.3 Å². The molecule has 5 nitrogen and oxygen atoms in total. The van der Waals surface area contributed by atoms with E-state index in [4.69, 9.17) is 21.1 Å². The van der Waals surface area contributed by atoms with Crippen LogP contribution in [-0.2, 0) is 6.61 Å². The molecule has 2 aromatic carbocycles. The minimum absolute atomic E-state index is 0.0681. The van der Waals surface area contributed by atoms with Gasteiger partial charge in [-0.25, -0.2) is 0 Å². The summed E-state index contributed by atoms with van der Waals surface area (Å²) in [4.78, 5) is 14.8. The maximum Gasteiger partial charge on any atom is 0.266 e. The van der Waals surface area contributed by atoms with E-state index in [1.165, 1.54) is 0 Å². The number of aromatic nitrogens is 1. The number of methoxy groups -OCH3 is 1. The normalized spacial score (nSPS) is 10.4. The predicted octanol–water partition coefficient (Wildman–Crippen LogP) is 5.23. The molecule has 0 unspecified atom stereocenters. The van der Waals surface area contributed by atoms with Crippen LogP contribution in [0.15, 0.2) is 51.7 Å². The minimum Gasteiger partial charge on any atom is -0.496 e. The molecule has 7 heteroatoms. The van der Waals surface area contributed by atoms with Crippen LogP contribution in [0.25, 0.3) is 11.1 Å². The summed E-state index contributed by atoms with van der Waals surface area (Å²) in [7, 11) is 1.57. The van der Waals surface area contributed by atoms with E-state index in [-0.39, 0.29) is 12.2 Å². The van der Waals surface area contributed by atoms with E-state index >= 15 is 0 Å². The quantitative estimate of drug-likeness (QED) is 0.567. The van der Waals surface area contributed by atoms with Crippen LogP contribution in [0.2, 0.25) is 5.02 Å². The van der Waals surface area contributed by atoms with Gasteiger partial charge >= 0.3 is 0 Å². The van der Waals surface area contributed by atoms with Crippen LogP contribution >= 0.6 is 27.5 Å². The Kier molecular flexibility index (Phi) is 6.08. The number of nitrogens with one attached hydrogen (secondary N) is 1. The molecule has 1 N–H and O–H groups in total. The van der Waals surface area contributed by atoms with Crippen molar-refractivity contribution in [2.24, 2.45) is 0 Å². The number of H-pyrrole nitrogens is 1. The topological polar surface area (TPSA) is 75.1 Å². The molecule has 0 saturated carbocycles. The van der Waals surface area contributed by atoms with Crippen LogP contribution in [0.1, 0.15) is 16.8 Å². The fourth-order valence-corrected chi connectivity index (χ4v) is 3.56. The van der Waals surface area contributed by atoms with Gasteiger partial charge in [-0.15, -0.1) is 0 Å². The lowest BCUT2D eigenvalue weighted by atomic mass is 9.99. The van der Waals surface area contributed by atoms with Crippen molar-refractivity contribution < 1.29 is 9.47 Å². The molecule has 0 bridgehead atoms. The fraction of sp³-hybridized carbons (Fsp3) is 0.143. The molecule has 1 aromatic heterocycles. The van der Waals surface area contributed by atoms with Gasteiger partial charge < -0.3 is 14.5 Å². The third kappa shape index (κ3) is 4.22. The fourth-order valence-electron chi connectivity index (χ4n) is 2.83. The maximum atomic E-state index is 12.1. The molecule has 142 valence electrons. The lowest BCUT2D eigenvalue weighted by Gasteiger charge is -2.14. The number of halogens is 2. The smallest absolute Gasteiger partial charge is 0.266 e. The highest BCUT2D eigenvalue weighted by Gasteiger charge is 2.14. The second-order valence-electron chi connectivity index (χ2n) is 6.07. The Morgan fingerprint density at radius 2 is 1.93 bits per heavy atom. The third-order valence-electron chi connectivity index (χ3n) is 4.15. The molecule has 3 aromatic rings. The molecule has 28 heavy (non-hydrogen) atoms. The molecular formula is C21H16BrClN2O3. The van der Waals surface area contributed by atoms with Crippen molar-refractivity contribution in [1.29, 1.82) is 5.26 Å². The minimum atomic E-state index is -0.409. The van der Waals surface area contributed by atoms with E-state index in [1.807, 2.05) is 24.3 Å². The van der Waals surface area contributed by atoms with Gasteiger partial charge in [0.25, 0.3) is 5.56 Å². The summed E-state index contributed by atoms with van der Waals surface area (Å²) in [5.74, 6) is 1.18. The first-order valence-electron chi connectivity index (χ1n) is 8.32. The van der Waals surface area contributed by atoms with E-state index in [2.05, 4.69) is 20.9 Å². The number of rotatable bonds is 5. The van der Waals surface area contributed by atoms with E-state index in [0.29, 0.717) is 27.8 Å². The first kappa shape index (κ1) is 20.0. The number of benzene rings is 2. The van der Waals surface area contributed by atoms with E-state index in [9.17, 15) is 10.1 Å². The number of nitrogens with zero attached hydrogens (tertiary/aromatic N) is 1. The molecule has 0 saturated heterocycles. The second-order valence-corrected chi connectivity index (χ2v) is 7.39. The number of pyridine rings is 1. The molecule has 0 fully saturated rings. The summed E-state index contributed by atoms with van der Waals surface area (Å²) in [6, 6.07) is 14.6. The molecule has 0 atom stereocenters. The Morgan fingerprint density at radius 3 is 2.61 bits per heavy atom. The van der Waals surface area contributed by atoms with Crippen molar-refractivity contribution in [2.75, 3.05) is 7.11 Å². The summed E-state index contributed by atoms with van der Waals surface area (Å²) in [5, 5.41) is 9.88. The van der Waals surface area contributed by atoms with E-state index in [1.54, 1.807) is 38.3 Å². The number of aromatic amines is 1. The molecule has 3 rings (SSSR count). The van der Waals surface area contributed by atoms with Crippen LogP contribution in [-0.4, -0.2) is 12.1 Å². The maximum absolute atomic E-state index is 12.1. The van der Waals surface area contributed by atoms with Gasteiger partial charge in [0.1, 0.15) is 29.7 Å². The first-order chi connectivity index (χ1) is 13.4. The standard InChI is InChI=1S/C21H16BrClN2O3/c1-12-7-16(17(10-24)21(26)25-12)13-3-5-19(27-2)14(8-13)11-28-20-6-4-15(22)9-18(20)23/h3-9H,11H2,1-2H3,(H,25,26). The van der Waals surface area contributed by atoms with Gasteiger partial charge in [0.05, 0.1) is 12.1 Å². The summed E-state index contributed by atoms with van der Waals surface area (Å²) in [5.41, 5.74) is 2.39. The molecule has 0 aliphatic heterocycles. The molecular weight excluding hydrogens is 444 g/mol. The molecule has 0 radical (unpaired) electrons. The first-order valence-corrected chi connectivity index (χ1v) is 9.49. The van der Waals surface area contributed by atoms with Gasteiger partial charge in [-0.1, -0.05) is 33.6 Å². The number of ether oxygens (including phenoxy) is 2. The lowest BCUT2D eigenvalue weighted by Crippen LogP contribution is -2.12. The summed E-state index contributed by atoms with van der Waals surface area (Å²) in [6.07, 6.45) is 0. The van der Waals surface area contributed by atoms with Gasteiger partial charge in [-0.3, -0.25) is 4.79 Å². The number of aryl methyl sites for hydroxylation is 1. The molecule has 0 amide bonds. The average molecular weight is 460 g/mol. The van der Waals surface area contributed by atoms with Gasteiger partial charge in [0, 0.05) is 21.3 Å². The van der Waals surface area contributed by atoms with Crippen molar-refractivity contribution >= 4 is 27.5 Å². The van der Waals surface area contributed by atoms with Crippen LogP contribution in [0.5, 0.6) is 11.5 Å². The van der Waals surface area contributed by atoms with Gasteiger partial charge in [-0.05, 0) is 48.9 Å². The zero-order chi connectivity index (χ0) is 20.3. The molecule has 0 aliphatic carbocycles. The van der Waals surface area contributed by atoms with Crippen molar-refractivity contribution in [3.63, 3.8) is 0 Å². The number of hydrogen-bond donors (Lipinski definition) is 1. The zero-order valence-electron chi connectivity index (χ0n) is 15.2. The number of nitriles is 1. The van der Waals surface area contributed by atoms with Gasteiger partial charge in [0.2, 0.25) is 0 Å². The van der Waals surface area contributed by atoms with Crippen molar-refractivity contribution in [2.45, 2.75) is 13.5 Å². The van der Waals surface area contributed by atoms with Crippen molar-refractivity contribution in [3.05, 3.63) is 79.1 Å². The highest BCUT2D eigenvalue weighted by molar-refractivity contribution is 9.10. The largest absolute Gasteiger partial charge is 0.496 e. The Hall–Kier alpha value is -2.75. The highest BCUT2D eigenvalue weighted by Crippen LogP contribution is 2.31. The average Bonchev–Trinajstić information content (AvgIpc) is 2.66. The monoisotopic (exact) mass is 458 g/mol. The van der Waals surface area contributed by atoms with Crippen molar-refractivity contribution in [1.82, 2.24) is 4.98 Å². The van der Waals surface area contributed by atoms with Gasteiger partial charge in [0.15, 0.2) is 0 Å². The van der Waals surface area contributed by atoms with E-state index < -0.39 is 5.56 Å². The van der Waals surface area contributed by atoms with E-state index in [0.717, 1.165) is 15.6 Å². The molecule has 0 aliphatic rings. The van der Waals surface area contributed by atoms with Gasteiger partial charge in [-0.2, -0.15) is 5.26 Å². The highest BCUT2D eigenvalue weighted by atomic mass is 79.9. The second kappa shape index (κ2) is 8.51. The Morgan fingerprint density at radius 1 is 1.18 bits per heavy atom. The Labute approximate surface area is 175 Å². The lowest BCUT2D eigenvalue weighted by molar-refractivity contribution is 0.297. The predicted molar refractivity (Wildman–Crippen MR) is 112 cm³/mol. The summed E-state index contributed by atoms with van der Waals surface area (Å²) in [6.45, 7) is 1.98. The number of hydrogen-bond acceptors (Lipinski definition) is 4. The Bertz CT molecular complexity index is 1140. The molecule has 0 spiro atoms.